The molecule has 0 spiro atoms. The SMILES string of the molecule is CSc1ccc(C2(Cl)C=CN(c3ccc(F)cc3)N2)cc1. The second-order valence-corrected chi connectivity index (χ2v) is 6.19. The maximum Gasteiger partial charge on any atom is 0.156 e. The van der Waals surface area contributed by atoms with Gasteiger partial charge in [0, 0.05) is 11.1 Å². The zero-order valence-corrected chi connectivity index (χ0v) is 13.0. The Kier molecular flexibility index (Phi) is 3.93. The molecule has 1 atom stereocenters. The van der Waals surface area contributed by atoms with E-state index < -0.39 is 5.00 Å². The quantitative estimate of drug-likeness (QED) is 0.510. The van der Waals surface area contributed by atoms with Crippen molar-refractivity contribution in [2.45, 2.75) is 9.89 Å². The fourth-order valence-corrected chi connectivity index (χ4v) is 2.86. The molecule has 1 heterocycles. The van der Waals surface area contributed by atoms with E-state index in [1.54, 1.807) is 28.9 Å². The highest BCUT2D eigenvalue weighted by Gasteiger charge is 2.33. The lowest BCUT2D eigenvalue weighted by Gasteiger charge is -2.26. The molecule has 1 unspecified atom stereocenters. The highest BCUT2D eigenvalue weighted by molar-refractivity contribution is 7.98. The number of hydrogen-bond acceptors (Lipinski definition) is 3. The van der Waals surface area contributed by atoms with E-state index in [0.717, 1.165) is 11.3 Å². The van der Waals surface area contributed by atoms with Gasteiger partial charge >= 0.3 is 0 Å². The van der Waals surface area contributed by atoms with Crippen LogP contribution in [0.3, 0.4) is 0 Å². The predicted octanol–water partition coefficient (Wildman–Crippen LogP) is 4.48. The molecule has 0 aromatic heterocycles. The molecule has 3 rings (SSSR count). The number of nitrogens with zero attached hydrogens (tertiary/aromatic N) is 1. The molecule has 1 aliphatic heterocycles. The van der Waals surface area contributed by atoms with E-state index in [-0.39, 0.29) is 5.82 Å². The maximum atomic E-state index is 13.0. The summed E-state index contributed by atoms with van der Waals surface area (Å²) in [6.07, 6.45) is 5.77. The fourth-order valence-electron chi connectivity index (χ4n) is 2.17. The molecule has 0 fully saturated rings. The molecular formula is C16H14ClFN2S. The van der Waals surface area contributed by atoms with Gasteiger partial charge in [-0.15, -0.1) is 11.8 Å². The predicted molar refractivity (Wildman–Crippen MR) is 86.9 cm³/mol. The normalized spacial score (nSPS) is 21.0. The van der Waals surface area contributed by atoms with Gasteiger partial charge in [0.05, 0.1) is 5.69 Å². The maximum absolute atomic E-state index is 13.0. The van der Waals surface area contributed by atoms with Gasteiger partial charge in [0.25, 0.3) is 0 Å². The third-order valence-corrected chi connectivity index (χ3v) is 4.52. The topological polar surface area (TPSA) is 15.3 Å². The Bertz CT molecular complexity index is 657. The number of halogens is 2. The molecule has 0 aliphatic carbocycles. The van der Waals surface area contributed by atoms with Gasteiger partial charge in [-0.1, -0.05) is 23.7 Å². The molecule has 5 heteroatoms. The molecule has 0 amide bonds. The summed E-state index contributed by atoms with van der Waals surface area (Å²) >= 11 is 8.34. The second-order valence-electron chi connectivity index (χ2n) is 4.71. The first-order valence-corrected chi connectivity index (χ1v) is 8.06. The van der Waals surface area contributed by atoms with Gasteiger partial charge in [-0.25, -0.2) is 9.82 Å². The van der Waals surface area contributed by atoms with Crippen LogP contribution in [0.25, 0.3) is 0 Å². The van der Waals surface area contributed by atoms with Crippen LogP contribution >= 0.6 is 23.4 Å². The minimum absolute atomic E-state index is 0.258. The lowest BCUT2D eigenvalue weighted by atomic mass is 10.1. The molecule has 2 aromatic rings. The monoisotopic (exact) mass is 320 g/mol. The Morgan fingerprint density at radius 2 is 1.76 bits per heavy atom. The summed E-state index contributed by atoms with van der Waals surface area (Å²) in [5, 5.41) is 1.79. The van der Waals surface area contributed by atoms with Crippen LogP contribution in [0.5, 0.6) is 0 Å². The number of anilines is 1. The number of thioether (sulfide) groups is 1. The van der Waals surface area contributed by atoms with Crippen LogP contribution in [0, 0.1) is 5.82 Å². The third-order valence-electron chi connectivity index (χ3n) is 3.35. The van der Waals surface area contributed by atoms with Crippen molar-refractivity contribution in [3.05, 3.63) is 72.2 Å². The van der Waals surface area contributed by atoms with E-state index in [4.69, 9.17) is 11.6 Å². The van der Waals surface area contributed by atoms with Gasteiger partial charge < -0.3 is 0 Å². The van der Waals surface area contributed by atoms with Gasteiger partial charge in [-0.3, -0.25) is 5.01 Å². The molecule has 0 saturated carbocycles. The van der Waals surface area contributed by atoms with Gasteiger partial charge in [0.15, 0.2) is 5.00 Å². The van der Waals surface area contributed by atoms with Gasteiger partial charge in [-0.05, 0) is 54.3 Å². The fraction of sp³-hybridized carbons (Fsp3) is 0.125. The smallest absolute Gasteiger partial charge is 0.156 e. The molecule has 0 bridgehead atoms. The summed E-state index contributed by atoms with van der Waals surface area (Å²) < 4.78 is 13.0. The van der Waals surface area contributed by atoms with Gasteiger partial charge in [0.2, 0.25) is 0 Å². The van der Waals surface area contributed by atoms with Crippen molar-refractivity contribution >= 4 is 29.1 Å². The zero-order chi connectivity index (χ0) is 14.9. The number of hydrogen-bond donors (Lipinski definition) is 1. The van der Waals surface area contributed by atoms with Crippen LogP contribution in [-0.2, 0) is 5.00 Å². The molecule has 0 radical (unpaired) electrons. The average molecular weight is 321 g/mol. The van der Waals surface area contributed by atoms with Crippen molar-refractivity contribution in [2.75, 3.05) is 11.3 Å². The summed E-state index contributed by atoms with van der Waals surface area (Å²) in [5.74, 6) is -0.258. The summed E-state index contributed by atoms with van der Waals surface area (Å²) in [5.41, 5.74) is 5.01. The second kappa shape index (κ2) is 5.72. The minimum atomic E-state index is -0.786. The molecule has 21 heavy (non-hydrogen) atoms. The van der Waals surface area contributed by atoms with Crippen LogP contribution in [0.1, 0.15) is 5.56 Å². The van der Waals surface area contributed by atoms with Crippen LogP contribution < -0.4 is 10.4 Å². The Morgan fingerprint density at radius 3 is 2.38 bits per heavy atom. The van der Waals surface area contributed by atoms with Crippen molar-refractivity contribution in [1.29, 1.82) is 0 Å². The van der Waals surface area contributed by atoms with E-state index >= 15 is 0 Å². The summed E-state index contributed by atoms with van der Waals surface area (Å²) in [4.78, 5) is 0.405. The molecule has 2 nitrogen and oxygen atoms in total. The van der Waals surface area contributed by atoms with E-state index in [2.05, 4.69) is 5.43 Å². The van der Waals surface area contributed by atoms with E-state index in [1.165, 1.54) is 17.0 Å². The molecular weight excluding hydrogens is 307 g/mol. The first-order chi connectivity index (χ1) is 10.1. The first-order valence-electron chi connectivity index (χ1n) is 6.46. The van der Waals surface area contributed by atoms with E-state index in [0.29, 0.717) is 0 Å². The van der Waals surface area contributed by atoms with E-state index in [9.17, 15) is 4.39 Å². The summed E-state index contributed by atoms with van der Waals surface area (Å²) in [7, 11) is 0. The van der Waals surface area contributed by atoms with Gasteiger partial charge in [0.1, 0.15) is 5.82 Å². The highest BCUT2D eigenvalue weighted by Crippen LogP contribution is 2.34. The molecule has 108 valence electrons. The summed E-state index contributed by atoms with van der Waals surface area (Å²) in [6.45, 7) is 0. The minimum Gasteiger partial charge on any atom is -0.282 e. The molecule has 1 N–H and O–H groups in total. The number of alkyl halides is 1. The third kappa shape index (κ3) is 2.93. The Balaban J connectivity index is 1.81. The van der Waals surface area contributed by atoms with Crippen molar-refractivity contribution in [1.82, 2.24) is 5.43 Å². The molecule has 0 saturated heterocycles. The molecule has 1 aliphatic rings. The van der Waals surface area contributed by atoms with Crippen molar-refractivity contribution in [2.24, 2.45) is 0 Å². The van der Waals surface area contributed by atoms with Crippen LogP contribution in [0.4, 0.5) is 10.1 Å². The van der Waals surface area contributed by atoms with E-state index in [1.807, 2.05) is 42.8 Å². The molecule has 2 aromatic carbocycles. The van der Waals surface area contributed by atoms with Crippen molar-refractivity contribution in [3.63, 3.8) is 0 Å². The lowest BCUT2D eigenvalue weighted by molar-refractivity contribution is 0.605. The Morgan fingerprint density at radius 1 is 1.10 bits per heavy atom. The first kappa shape index (κ1) is 14.4. The Labute approximate surface area is 132 Å². The standard InChI is InChI=1S/C16H14ClFN2S/c1-21-15-8-2-12(3-9-15)16(17)10-11-20(19-16)14-6-4-13(18)5-7-14/h2-11,19H,1H3. The average Bonchev–Trinajstić information content (AvgIpc) is 2.92. The number of rotatable bonds is 3. The van der Waals surface area contributed by atoms with Crippen molar-refractivity contribution in [3.8, 4) is 0 Å². The number of nitrogens with one attached hydrogen (secondary N) is 1. The highest BCUT2D eigenvalue weighted by atomic mass is 35.5. The van der Waals surface area contributed by atoms with Gasteiger partial charge in [-0.2, -0.15) is 0 Å². The Hall–Kier alpha value is -1.49. The van der Waals surface area contributed by atoms with Crippen molar-refractivity contribution < 1.29 is 4.39 Å². The largest absolute Gasteiger partial charge is 0.282 e. The van der Waals surface area contributed by atoms with Crippen LogP contribution in [0.15, 0.2) is 65.7 Å². The lowest BCUT2D eigenvalue weighted by Crippen LogP contribution is -2.40. The number of benzene rings is 2. The zero-order valence-electron chi connectivity index (χ0n) is 11.4. The van der Waals surface area contributed by atoms with Crippen LogP contribution in [0.2, 0.25) is 0 Å². The summed E-state index contributed by atoms with van der Waals surface area (Å²) in [6, 6.07) is 14.3. The van der Waals surface area contributed by atoms with Crippen LogP contribution in [-0.4, -0.2) is 6.26 Å². The number of hydrazine groups is 1.